The highest BCUT2D eigenvalue weighted by atomic mass is 16.6. The maximum absolute atomic E-state index is 12.7. The standard InChI is InChI=1S/C19H33NO8/c1-9-25-14(21)12-11-13(15(22)26-10-2)20(16(23)27-18(3,4)5)17(24)28-19(6,7)8/h13H,9-12H2,1-8H3/t13-/m1/s1. The van der Waals surface area contributed by atoms with Crippen molar-refractivity contribution < 1.29 is 38.1 Å². The van der Waals surface area contributed by atoms with E-state index >= 15 is 0 Å². The van der Waals surface area contributed by atoms with Crippen LogP contribution >= 0.6 is 0 Å². The number of imide groups is 1. The summed E-state index contributed by atoms with van der Waals surface area (Å²) in [6.07, 6.45) is -2.51. The number of hydrogen-bond donors (Lipinski definition) is 0. The average molecular weight is 403 g/mol. The van der Waals surface area contributed by atoms with Crippen molar-refractivity contribution in [2.75, 3.05) is 13.2 Å². The van der Waals surface area contributed by atoms with Crippen LogP contribution in [0.5, 0.6) is 0 Å². The zero-order valence-electron chi connectivity index (χ0n) is 18.1. The number of rotatable bonds is 7. The van der Waals surface area contributed by atoms with Crippen molar-refractivity contribution in [2.24, 2.45) is 0 Å². The van der Waals surface area contributed by atoms with Gasteiger partial charge in [0.25, 0.3) is 0 Å². The lowest BCUT2D eigenvalue weighted by atomic mass is 10.1. The van der Waals surface area contributed by atoms with Gasteiger partial charge in [-0.3, -0.25) is 4.79 Å². The molecule has 0 aliphatic carbocycles. The summed E-state index contributed by atoms with van der Waals surface area (Å²) in [5, 5.41) is 0. The summed E-state index contributed by atoms with van der Waals surface area (Å²) in [6.45, 7) is 13.2. The van der Waals surface area contributed by atoms with Crippen molar-refractivity contribution >= 4 is 24.1 Å². The van der Waals surface area contributed by atoms with Crippen LogP contribution in [-0.2, 0) is 28.5 Å². The van der Waals surface area contributed by atoms with Gasteiger partial charge >= 0.3 is 24.1 Å². The third kappa shape index (κ3) is 10.1. The maximum Gasteiger partial charge on any atom is 0.420 e. The summed E-state index contributed by atoms with van der Waals surface area (Å²) in [7, 11) is 0. The molecule has 9 heteroatoms. The van der Waals surface area contributed by atoms with Crippen molar-refractivity contribution in [1.82, 2.24) is 4.90 Å². The van der Waals surface area contributed by atoms with E-state index in [4.69, 9.17) is 18.9 Å². The lowest BCUT2D eigenvalue weighted by Gasteiger charge is -2.32. The Morgan fingerprint density at radius 2 is 1.21 bits per heavy atom. The van der Waals surface area contributed by atoms with E-state index < -0.39 is 41.4 Å². The molecule has 0 aromatic rings. The van der Waals surface area contributed by atoms with E-state index in [0.717, 1.165) is 0 Å². The van der Waals surface area contributed by atoms with Gasteiger partial charge in [-0.15, -0.1) is 0 Å². The summed E-state index contributed by atoms with van der Waals surface area (Å²) in [4.78, 5) is 50.1. The van der Waals surface area contributed by atoms with Gasteiger partial charge in [0.15, 0.2) is 0 Å². The third-order valence-corrected chi connectivity index (χ3v) is 2.98. The normalized spacial score (nSPS) is 12.6. The Balaban J connectivity index is 5.82. The molecule has 0 fully saturated rings. The average Bonchev–Trinajstić information content (AvgIpc) is 2.47. The Labute approximate surface area is 166 Å². The van der Waals surface area contributed by atoms with E-state index in [0.29, 0.717) is 4.90 Å². The van der Waals surface area contributed by atoms with E-state index in [1.807, 2.05) is 0 Å². The Hall–Kier alpha value is -2.32. The molecule has 0 saturated carbocycles. The van der Waals surface area contributed by atoms with Crippen LogP contribution in [0.25, 0.3) is 0 Å². The van der Waals surface area contributed by atoms with Gasteiger partial charge < -0.3 is 18.9 Å². The first-order valence-corrected chi connectivity index (χ1v) is 9.29. The molecule has 0 unspecified atom stereocenters. The highest BCUT2D eigenvalue weighted by Gasteiger charge is 2.41. The smallest absolute Gasteiger partial charge is 0.420 e. The van der Waals surface area contributed by atoms with Gasteiger partial charge in [-0.05, 0) is 61.8 Å². The van der Waals surface area contributed by atoms with Gasteiger partial charge in [0, 0.05) is 6.42 Å². The highest BCUT2D eigenvalue weighted by Crippen LogP contribution is 2.20. The first-order chi connectivity index (χ1) is 12.7. The summed E-state index contributed by atoms with van der Waals surface area (Å²) in [5.74, 6) is -1.41. The van der Waals surface area contributed by atoms with Gasteiger partial charge in [0.2, 0.25) is 0 Å². The van der Waals surface area contributed by atoms with E-state index in [1.165, 1.54) is 0 Å². The lowest BCUT2D eigenvalue weighted by Crippen LogP contribution is -2.52. The Morgan fingerprint density at radius 1 is 0.786 bits per heavy atom. The molecule has 162 valence electrons. The van der Waals surface area contributed by atoms with Crippen molar-refractivity contribution in [3.63, 3.8) is 0 Å². The lowest BCUT2D eigenvalue weighted by molar-refractivity contribution is -0.150. The highest BCUT2D eigenvalue weighted by molar-refractivity contribution is 5.94. The van der Waals surface area contributed by atoms with Gasteiger partial charge in [0.05, 0.1) is 13.2 Å². The fraction of sp³-hybridized carbons (Fsp3) is 0.789. The maximum atomic E-state index is 12.7. The number of esters is 2. The number of carbonyl (C=O) groups is 4. The third-order valence-electron chi connectivity index (χ3n) is 2.98. The molecule has 0 heterocycles. The minimum absolute atomic E-state index is 0.0330. The fourth-order valence-electron chi connectivity index (χ4n) is 2.03. The quantitative estimate of drug-likeness (QED) is 0.470. The zero-order chi connectivity index (χ0) is 22.1. The molecule has 2 amide bonds. The molecule has 1 atom stereocenters. The van der Waals surface area contributed by atoms with Gasteiger partial charge in [-0.25, -0.2) is 14.4 Å². The second-order valence-corrected chi connectivity index (χ2v) is 7.94. The van der Waals surface area contributed by atoms with Crippen molar-refractivity contribution in [3.05, 3.63) is 0 Å². The van der Waals surface area contributed by atoms with Crippen molar-refractivity contribution in [1.29, 1.82) is 0 Å². The Kier molecular flexibility index (Phi) is 9.97. The summed E-state index contributed by atoms with van der Waals surface area (Å²) >= 11 is 0. The van der Waals surface area contributed by atoms with Crippen LogP contribution in [0.3, 0.4) is 0 Å². The minimum Gasteiger partial charge on any atom is -0.466 e. The molecule has 0 saturated heterocycles. The van der Waals surface area contributed by atoms with E-state index in [-0.39, 0.29) is 26.1 Å². The molecule has 0 radical (unpaired) electrons. The molecule has 0 bridgehead atoms. The molecule has 0 aromatic carbocycles. The van der Waals surface area contributed by atoms with E-state index in [9.17, 15) is 19.2 Å². The molecule has 0 aliphatic rings. The van der Waals surface area contributed by atoms with Gasteiger partial charge in [-0.1, -0.05) is 0 Å². The van der Waals surface area contributed by atoms with Crippen LogP contribution in [0, 0.1) is 0 Å². The summed E-state index contributed by atoms with van der Waals surface area (Å²) < 4.78 is 20.4. The molecule has 0 aliphatic heterocycles. The van der Waals surface area contributed by atoms with Crippen LogP contribution < -0.4 is 0 Å². The molecular formula is C19H33NO8. The summed E-state index contributed by atoms with van der Waals surface area (Å²) in [5.41, 5.74) is -1.84. The Morgan fingerprint density at radius 3 is 1.57 bits per heavy atom. The molecule has 0 aromatic heterocycles. The molecular weight excluding hydrogens is 370 g/mol. The number of carbonyl (C=O) groups excluding carboxylic acids is 4. The topological polar surface area (TPSA) is 108 Å². The number of amides is 2. The molecule has 0 N–H and O–H groups in total. The number of nitrogens with zero attached hydrogens (tertiary/aromatic N) is 1. The molecule has 0 spiro atoms. The second kappa shape index (κ2) is 10.9. The van der Waals surface area contributed by atoms with Crippen LogP contribution in [0.1, 0.15) is 68.2 Å². The molecule has 28 heavy (non-hydrogen) atoms. The predicted octanol–water partition coefficient (Wildman–Crippen LogP) is 3.43. The first kappa shape index (κ1) is 25.7. The predicted molar refractivity (Wildman–Crippen MR) is 101 cm³/mol. The van der Waals surface area contributed by atoms with Gasteiger partial charge in [-0.2, -0.15) is 4.90 Å². The van der Waals surface area contributed by atoms with Gasteiger partial charge in [0.1, 0.15) is 17.2 Å². The first-order valence-electron chi connectivity index (χ1n) is 9.29. The molecule has 9 nitrogen and oxygen atoms in total. The van der Waals surface area contributed by atoms with Crippen molar-refractivity contribution in [3.8, 4) is 0 Å². The monoisotopic (exact) mass is 403 g/mol. The zero-order valence-corrected chi connectivity index (χ0v) is 18.1. The van der Waals surface area contributed by atoms with Crippen LogP contribution in [0.15, 0.2) is 0 Å². The van der Waals surface area contributed by atoms with Crippen LogP contribution in [-0.4, -0.2) is 59.5 Å². The molecule has 0 rings (SSSR count). The van der Waals surface area contributed by atoms with Crippen LogP contribution in [0.4, 0.5) is 9.59 Å². The largest absolute Gasteiger partial charge is 0.466 e. The van der Waals surface area contributed by atoms with Crippen LogP contribution in [0.2, 0.25) is 0 Å². The SMILES string of the molecule is CCOC(=O)CC[C@H](C(=O)OCC)N(C(=O)OC(C)(C)C)C(=O)OC(C)(C)C. The number of hydrogen-bond acceptors (Lipinski definition) is 8. The summed E-state index contributed by atoms with van der Waals surface area (Å²) in [6, 6.07) is -1.39. The number of ether oxygens (including phenoxy) is 4. The van der Waals surface area contributed by atoms with Crippen molar-refractivity contribution in [2.45, 2.75) is 85.5 Å². The van der Waals surface area contributed by atoms with E-state index in [1.54, 1.807) is 55.4 Å². The second-order valence-electron chi connectivity index (χ2n) is 7.94. The Bertz CT molecular complexity index is 531. The minimum atomic E-state index is -1.39. The van der Waals surface area contributed by atoms with E-state index in [2.05, 4.69) is 0 Å². The fourth-order valence-corrected chi connectivity index (χ4v) is 2.03.